The number of benzene rings is 1. The minimum atomic E-state index is -3.47. The SMILES string of the molecule is CCCCCCCC1CC(Cl)=CCN1S(=O)(=O)c1ccc(C)cc1. The van der Waals surface area contributed by atoms with Crippen LogP contribution in [0, 0.1) is 6.92 Å². The van der Waals surface area contributed by atoms with Crippen LogP contribution in [0.3, 0.4) is 0 Å². The molecular formula is C19H28ClNO2S. The zero-order valence-electron chi connectivity index (χ0n) is 14.7. The Bertz CT molecular complexity index is 652. The van der Waals surface area contributed by atoms with Crippen molar-refractivity contribution in [2.24, 2.45) is 0 Å². The van der Waals surface area contributed by atoms with Gasteiger partial charge in [0.1, 0.15) is 0 Å². The van der Waals surface area contributed by atoms with Gasteiger partial charge in [0.2, 0.25) is 10.0 Å². The number of sulfonamides is 1. The molecule has 0 aromatic heterocycles. The molecule has 0 aliphatic carbocycles. The first kappa shape index (κ1) is 19.5. The van der Waals surface area contributed by atoms with Crippen LogP contribution in [0.25, 0.3) is 0 Å². The summed E-state index contributed by atoms with van der Waals surface area (Å²) >= 11 is 6.20. The fraction of sp³-hybridized carbons (Fsp3) is 0.579. The lowest BCUT2D eigenvalue weighted by Gasteiger charge is -2.33. The first-order chi connectivity index (χ1) is 11.4. The van der Waals surface area contributed by atoms with Gasteiger partial charge in [0.05, 0.1) is 4.90 Å². The molecule has 0 spiro atoms. The van der Waals surface area contributed by atoms with E-state index in [-0.39, 0.29) is 6.04 Å². The van der Waals surface area contributed by atoms with E-state index in [0.29, 0.717) is 17.9 Å². The number of halogens is 1. The van der Waals surface area contributed by atoms with Gasteiger partial charge in [-0.25, -0.2) is 8.42 Å². The largest absolute Gasteiger partial charge is 0.243 e. The molecule has 0 bridgehead atoms. The summed E-state index contributed by atoms with van der Waals surface area (Å²) in [5.74, 6) is 0. The van der Waals surface area contributed by atoms with Crippen molar-refractivity contribution >= 4 is 21.6 Å². The molecule has 0 radical (unpaired) electrons. The molecule has 0 saturated heterocycles. The standard InChI is InChI=1S/C19H28ClNO2S/c1-3-4-5-6-7-8-18-15-17(20)13-14-21(18)24(22,23)19-11-9-16(2)10-12-19/h9-13,18H,3-8,14-15H2,1-2H3. The summed E-state index contributed by atoms with van der Waals surface area (Å²) in [6, 6.07) is 7.06. The summed E-state index contributed by atoms with van der Waals surface area (Å²) in [6.45, 7) is 4.52. The van der Waals surface area contributed by atoms with Gasteiger partial charge in [0, 0.05) is 17.6 Å². The molecule has 1 heterocycles. The highest BCUT2D eigenvalue weighted by Crippen LogP contribution is 2.30. The number of hydrogen-bond acceptors (Lipinski definition) is 2. The van der Waals surface area contributed by atoms with Crippen molar-refractivity contribution in [1.29, 1.82) is 0 Å². The highest BCUT2D eigenvalue weighted by molar-refractivity contribution is 7.89. The Morgan fingerprint density at radius 1 is 1.12 bits per heavy atom. The maximum absolute atomic E-state index is 13.0. The maximum atomic E-state index is 13.0. The number of unbranched alkanes of at least 4 members (excludes halogenated alkanes) is 4. The van der Waals surface area contributed by atoms with Crippen molar-refractivity contribution in [3.63, 3.8) is 0 Å². The van der Waals surface area contributed by atoms with Crippen LogP contribution < -0.4 is 0 Å². The lowest BCUT2D eigenvalue weighted by molar-refractivity contribution is 0.306. The van der Waals surface area contributed by atoms with E-state index in [2.05, 4.69) is 6.92 Å². The zero-order chi connectivity index (χ0) is 17.6. The highest BCUT2D eigenvalue weighted by Gasteiger charge is 2.33. The molecule has 3 nitrogen and oxygen atoms in total. The van der Waals surface area contributed by atoms with E-state index in [1.165, 1.54) is 19.3 Å². The fourth-order valence-electron chi connectivity index (χ4n) is 3.12. The van der Waals surface area contributed by atoms with E-state index in [1.54, 1.807) is 16.4 Å². The van der Waals surface area contributed by atoms with E-state index in [4.69, 9.17) is 11.6 Å². The topological polar surface area (TPSA) is 37.4 Å². The summed E-state index contributed by atoms with van der Waals surface area (Å²) in [6.07, 6.45) is 9.21. The van der Waals surface area contributed by atoms with Crippen LogP contribution in [0.15, 0.2) is 40.3 Å². The van der Waals surface area contributed by atoms with E-state index in [1.807, 2.05) is 25.1 Å². The molecule has 0 fully saturated rings. The molecule has 0 amide bonds. The number of hydrogen-bond donors (Lipinski definition) is 0. The van der Waals surface area contributed by atoms with Crippen molar-refractivity contribution in [3.8, 4) is 0 Å². The van der Waals surface area contributed by atoms with Gasteiger partial charge in [-0.3, -0.25) is 0 Å². The number of rotatable bonds is 8. The van der Waals surface area contributed by atoms with Crippen LogP contribution in [0.1, 0.15) is 57.4 Å². The zero-order valence-corrected chi connectivity index (χ0v) is 16.2. The first-order valence-corrected chi connectivity index (χ1v) is 10.7. The Labute approximate surface area is 151 Å². The molecule has 1 aromatic rings. The van der Waals surface area contributed by atoms with Gasteiger partial charge in [-0.15, -0.1) is 0 Å². The molecule has 24 heavy (non-hydrogen) atoms. The normalized spacial score (nSPS) is 19.3. The predicted molar refractivity (Wildman–Crippen MR) is 101 cm³/mol. The molecule has 1 aliphatic rings. The van der Waals surface area contributed by atoms with Crippen molar-refractivity contribution in [2.45, 2.75) is 69.7 Å². The van der Waals surface area contributed by atoms with Gasteiger partial charge in [0.15, 0.2) is 0 Å². The minimum Gasteiger partial charge on any atom is -0.207 e. The summed E-state index contributed by atoms with van der Waals surface area (Å²) < 4.78 is 27.6. The van der Waals surface area contributed by atoms with E-state index < -0.39 is 10.0 Å². The molecule has 2 rings (SSSR count). The van der Waals surface area contributed by atoms with Crippen molar-refractivity contribution in [2.75, 3.05) is 6.54 Å². The summed E-state index contributed by atoms with van der Waals surface area (Å²) in [7, 11) is -3.47. The van der Waals surface area contributed by atoms with Crippen molar-refractivity contribution < 1.29 is 8.42 Å². The third-order valence-corrected chi connectivity index (χ3v) is 6.84. The minimum absolute atomic E-state index is 0.0320. The van der Waals surface area contributed by atoms with Gasteiger partial charge < -0.3 is 0 Å². The lowest BCUT2D eigenvalue weighted by atomic mass is 10.0. The second kappa shape index (κ2) is 9.02. The monoisotopic (exact) mass is 369 g/mol. The number of aryl methyl sites for hydroxylation is 1. The summed E-state index contributed by atoms with van der Waals surface area (Å²) in [4.78, 5) is 0.371. The van der Waals surface area contributed by atoms with Crippen LogP contribution in [0.2, 0.25) is 0 Å². The predicted octanol–water partition coefficient (Wildman–Crippen LogP) is 5.24. The number of nitrogens with zero attached hydrogens (tertiary/aromatic N) is 1. The quantitative estimate of drug-likeness (QED) is 0.587. The van der Waals surface area contributed by atoms with Crippen LogP contribution in [-0.2, 0) is 10.0 Å². The van der Waals surface area contributed by atoms with Crippen molar-refractivity contribution in [3.05, 3.63) is 40.9 Å². The Kier molecular flexibility index (Phi) is 7.33. The highest BCUT2D eigenvalue weighted by atomic mass is 35.5. The first-order valence-electron chi connectivity index (χ1n) is 8.88. The lowest BCUT2D eigenvalue weighted by Crippen LogP contribution is -2.42. The molecule has 1 unspecified atom stereocenters. The Morgan fingerprint density at radius 2 is 1.79 bits per heavy atom. The van der Waals surface area contributed by atoms with E-state index in [9.17, 15) is 8.42 Å². The molecule has 0 N–H and O–H groups in total. The summed E-state index contributed by atoms with van der Waals surface area (Å²) in [5.41, 5.74) is 1.06. The summed E-state index contributed by atoms with van der Waals surface area (Å²) in [5, 5.41) is 0.781. The Morgan fingerprint density at radius 3 is 2.46 bits per heavy atom. The average Bonchev–Trinajstić information content (AvgIpc) is 2.55. The van der Waals surface area contributed by atoms with Gasteiger partial charge >= 0.3 is 0 Å². The van der Waals surface area contributed by atoms with Crippen LogP contribution >= 0.6 is 11.6 Å². The van der Waals surface area contributed by atoms with Gasteiger partial charge in [0.25, 0.3) is 0 Å². The van der Waals surface area contributed by atoms with Gasteiger partial charge in [-0.1, -0.05) is 74.4 Å². The van der Waals surface area contributed by atoms with Crippen LogP contribution in [0.4, 0.5) is 0 Å². The molecule has 1 aliphatic heterocycles. The molecule has 5 heteroatoms. The van der Waals surface area contributed by atoms with E-state index >= 15 is 0 Å². The van der Waals surface area contributed by atoms with Crippen LogP contribution in [0.5, 0.6) is 0 Å². The molecule has 1 aromatic carbocycles. The average molecular weight is 370 g/mol. The smallest absolute Gasteiger partial charge is 0.207 e. The maximum Gasteiger partial charge on any atom is 0.243 e. The second-order valence-corrected chi connectivity index (χ2v) is 8.98. The molecule has 0 saturated carbocycles. The molecule has 134 valence electrons. The third kappa shape index (κ3) is 5.08. The van der Waals surface area contributed by atoms with E-state index in [0.717, 1.165) is 29.9 Å². The van der Waals surface area contributed by atoms with Gasteiger partial charge in [-0.2, -0.15) is 4.31 Å². The molecule has 1 atom stereocenters. The Hall–Kier alpha value is -0.840. The second-order valence-electron chi connectivity index (χ2n) is 6.60. The van der Waals surface area contributed by atoms with Crippen molar-refractivity contribution in [1.82, 2.24) is 4.31 Å². The van der Waals surface area contributed by atoms with Gasteiger partial charge in [-0.05, 0) is 31.9 Å². The Balaban J connectivity index is 2.10. The van der Waals surface area contributed by atoms with Crippen LogP contribution in [-0.4, -0.2) is 25.3 Å². The fourth-order valence-corrected chi connectivity index (χ4v) is 4.96. The molecular weight excluding hydrogens is 342 g/mol. The third-order valence-electron chi connectivity index (χ3n) is 4.60.